The van der Waals surface area contributed by atoms with Gasteiger partial charge in [0.2, 0.25) is 0 Å². The summed E-state index contributed by atoms with van der Waals surface area (Å²) in [6.07, 6.45) is 4.49. The molecule has 0 unspecified atom stereocenters. The molecule has 1 amide bonds. The minimum atomic E-state index is -0.520. The maximum Gasteiger partial charge on any atom is 0.265 e. The molecule has 104 valence electrons. The topological polar surface area (TPSA) is 55.1 Å². The Morgan fingerprint density at radius 2 is 2.05 bits per heavy atom. The highest BCUT2D eigenvalue weighted by Gasteiger charge is 2.17. The van der Waals surface area contributed by atoms with Crippen LogP contribution in [0.15, 0.2) is 24.3 Å². The highest BCUT2D eigenvalue weighted by Crippen LogP contribution is 2.30. The first-order chi connectivity index (χ1) is 9.63. The van der Waals surface area contributed by atoms with Gasteiger partial charge >= 0.3 is 0 Å². The number of thiophene rings is 1. The Labute approximate surface area is 120 Å². The van der Waals surface area contributed by atoms with Crippen molar-refractivity contribution < 1.29 is 9.18 Å². The smallest absolute Gasteiger partial charge is 0.265 e. The zero-order chi connectivity index (χ0) is 14.1. The first-order valence-corrected chi connectivity index (χ1v) is 7.43. The Bertz CT molecular complexity index is 642. The van der Waals surface area contributed by atoms with Gasteiger partial charge in [0.25, 0.3) is 5.91 Å². The summed E-state index contributed by atoms with van der Waals surface area (Å²) < 4.78 is 13.3. The lowest BCUT2D eigenvalue weighted by Crippen LogP contribution is -2.10. The second-order valence-electron chi connectivity index (χ2n) is 4.96. The third-order valence-corrected chi connectivity index (χ3v) is 4.71. The van der Waals surface area contributed by atoms with Gasteiger partial charge in [-0.1, -0.05) is 0 Å². The SMILES string of the molecule is Nc1ccc(NC(=O)c2cc3c(s2)CCCC3)cc1F. The van der Waals surface area contributed by atoms with Crippen LogP contribution in [0.4, 0.5) is 15.8 Å². The fourth-order valence-corrected chi connectivity index (χ4v) is 3.55. The van der Waals surface area contributed by atoms with E-state index < -0.39 is 5.82 Å². The molecule has 0 saturated carbocycles. The number of carbonyl (C=O) groups is 1. The highest BCUT2D eigenvalue weighted by molar-refractivity contribution is 7.14. The zero-order valence-electron chi connectivity index (χ0n) is 10.9. The van der Waals surface area contributed by atoms with Gasteiger partial charge in [0.1, 0.15) is 5.82 Å². The van der Waals surface area contributed by atoms with Gasteiger partial charge in [-0.3, -0.25) is 4.79 Å². The number of fused-ring (bicyclic) bond motifs is 1. The number of hydrogen-bond acceptors (Lipinski definition) is 3. The molecule has 0 aliphatic heterocycles. The lowest BCUT2D eigenvalue weighted by atomic mass is 9.99. The van der Waals surface area contributed by atoms with Crippen LogP contribution in [0.5, 0.6) is 0 Å². The van der Waals surface area contributed by atoms with E-state index in [0.29, 0.717) is 10.6 Å². The van der Waals surface area contributed by atoms with Crippen molar-refractivity contribution in [3.05, 3.63) is 45.4 Å². The molecule has 0 saturated heterocycles. The van der Waals surface area contributed by atoms with Crippen molar-refractivity contribution in [2.45, 2.75) is 25.7 Å². The number of benzene rings is 1. The third-order valence-electron chi connectivity index (χ3n) is 3.48. The monoisotopic (exact) mass is 290 g/mol. The molecule has 20 heavy (non-hydrogen) atoms. The molecule has 0 spiro atoms. The average molecular weight is 290 g/mol. The lowest BCUT2D eigenvalue weighted by molar-refractivity contribution is 0.103. The first-order valence-electron chi connectivity index (χ1n) is 6.61. The maximum atomic E-state index is 13.3. The molecule has 1 aromatic heterocycles. The Morgan fingerprint density at radius 1 is 1.25 bits per heavy atom. The minimum absolute atomic E-state index is 0.0783. The molecular formula is C15H15FN2OS. The van der Waals surface area contributed by atoms with Gasteiger partial charge in [0, 0.05) is 10.6 Å². The largest absolute Gasteiger partial charge is 0.396 e. The van der Waals surface area contributed by atoms with Gasteiger partial charge in [-0.15, -0.1) is 11.3 Å². The van der Waals surface area contributed by atoms with E-state index in [1.54, 1.807) is 6.07 Å². The number of rotatable bonds is 2. The van der Waals surface area contributed by atoms with Crippen molar-refractivity contribution in [1.29, 1.82) is 0 Å². The maximum absolute atomic E-state index is 13.3. The fraction of sp³-hybridized carbons (Fsp3) is 0.267. The predicted octanol–water partition coefficient (Wildman–Crippen LogP) is 3.60. The minimum Gasteiger partial charge on any atom is -0.396 e. The fourth-order valence-electron chi connectivity index (χ4n) is 2.40. The van der Waals surface area contributed by atoms with E-state index in [0.717, 1.165) is 12.8 Å². The number of aryl methyl sites for hydroxylation is 2. The Hall–Kier alpha value is -1.88. The van der Waals surface area contributed by atoms with Crippen LogP contribution in [0.25, 0.3) is 0 Å². The molecule has 3 nitrogen and oxygen atoms in total. The average Bonchev–Trinajstić information content (AvgIpc) is 2.87. The van der Waals surface area contributed by atoms with Crippen molar-refractivity contribution in [3.63, 3.8) is 0 Å². The first kappa shape index (κ1) is 13.1. The Balaban J connectivity index is 1.78. The molecule has 5 heteroatoms. The van der Waals surface area contributed by atoms with E-state index in [4.69, 9.17) is 5.73 Å². The molecule has 1 aliphatic carbocycles. The van der Waals surface area contributed by atoms with E-state index in [2.05, 4.69) is 5.32 Å². The summed E-state index contributed by atoms with van der Waals surface area (Å²) in [5, 5.41) is 2.71. The Morgan fingerprint density at radius 3 is 2.80 bits per heavy atom. The number of nitrogens with two attached hydrogens (primary N) is 1. The van der Waals surface area contributed by atoms with Crippen LogP contribution < -0.4 is 11.1 Å². The molecule has 0 radical (unpaired) electrons. The quantitative estimate of drug-likeness (QED) is 0.830. The second kappa shape index (κ2) is 5.25. The highest BCUT2D eigenvalue weighted by atomic mass is 32.1. The van der Waals surface area contributed by atoms with Crippen LogP contribution in [0.1, 0.15) is 33.0 Å². The van der Waals surface area contributed by atoms with E-state index in [9.17, 15) is 9.18 Å². The van der Waals surface area contributed by atoms with Crippen LogP contribution in [-0.4, -0.2) is 5.91 Å². The van der Waals surface area contributed by atoms with Crippen LogP contribution >= 0.6 is 11.3 Å². The summed E-state index contributed by atoms with van der Waals surface area (Å²) in [4.78, 5) is 14.2. The molecule has 1 aliphatic rings. The number of halogens is 1. The predicted molar refractivity (Wildman–Crippen MR) is 79.7 cm³/mol. The van der Waals surface area contributed by atoms with E-state index in [-0.39, 0.29) is 11.6 Å². The molecule has 2 aromatic rings. The number of anilines is 2. The number of amides is 1. The number of hydrogen-bond donors (Lipinski definition) is 2. The summed E-state index contributed by atoms with van der Waals surface area (Å²) in [6, 6.07) is 6.25. The number of carbonyl (C=O) groups excluding carboxylic acids is 1. The van der Waals surface area contributed by atoms with Gasteiger partial charge in [0.05, 0.1) is 10.6 Å². The zero-order valence-corrected chi connectivity index (χ0v) is 11.7. The number of nitrogens with one attached hydrogen (secondary N) is 1. The van der Waals surface area contributed by atoms with Gasteiger partial charge < -0.3 is 11.1 Å². The normalized spacial score (nSPS) is 13.8. The summed E-state index contributed by atoms with van der Waals surface area (Å²) in [5.41, 5.74) is 7.20. The summed E-state index contributed by atoms with van der Waals surface area (Å²) in [7, 11) is 0. The van der Waals surface area contributed by atoms with E-state index in [1.165, 1.54) is 46.8 Å². The van der Waals surface area contributed by atoms with Gasteiger partial charge in [-0.2, -0.15) is 0 Å². The summed E-state index contributed by atoms with van der Waals surface area (Å²) in [5.74, 6) is -0.707. The molecule has 3 rings (SSSR count). The van der Waals surface area contributed by atoms with Crippen LogP contribution in [0, 0.1) is 5.82 Å². The van der Waals surface area contributed by atoms with Crippen molar-refractivity contribution in [2.24, 2.45) is 0 Å². The van der Waals surface area contributed by atoms with Crippen molar-refractivity contribution in [3.8, 4) is 0 Å². The summed E-state index contributed by atoms with van der Waals surface area (Å²) in [6.45, 7) is 0. The van der Waals surface area contributed by atoms with Crippen LogP contribution in [0.3, 0.4) is 0 Å². The molecule has 0 bridgehead atoms. The van der Waals surface area contributed by atoms with Crippen LogP contribution in [-0.2, 0) is 12.8 Å². The van der Waals surface area contributed by atoms with Crippen molar-refractivity contribution >= 4 is 28.6 Å². The van der Waals surface area contributed by atoms with Crippen molar-refractivity contribution in [2.75, 3.05) is 11.1 Å². The van der Waals surface area contributed by atoms with Gasteiger partial charge in [-0.25, -0.2) is 4.39 Å². The molecule has 3 N–H and O–H groups in total. The molecule has 0 fully saturated rings. The van der Waals surface area contributed by atoms with Crippen LogP contribution in [0.2, 0.25) is 0 Å². The molecule has 0 atom stereocenters. The van der Waals surface area contributed by atoms with Crippen molar-refractivity contribution in [1.82, 2.24) is 0 Å². The number of nitrogen functional groups attached to an aromatic ring is 1. The Kier molecular flexibility index (Phi) is 3.44. The van der Waals surface area contributed by atoms with E-state index in [1.807, 2.05) is 6.07 Å². The molecule has 1 heterocycles. The summed E-state index contributed by atoms with van der Waals surface area (Å²) >= 11 is 1.54. The van der Waals surface area contributed by atoms with E-state index >= 15 is 0 Å². The van der Waals surface area contributed by atoms with Gasteiger partial charge in [-0.05, 0) is 55.5 Å². The second-order valence-corrected chi connectivity index (χ2v) is 6.09. The third kappa shape index (κ3) is 2.54. The molecular weight excluding hydrogens is 275 g/mol. The standard InChI is InChI=1S/C15H15FN2OS/c16-11-8-10(5-6-12(11)17)18-15(19)14-7-9-3-1-2-4-13(9)20-14/h5-8H,1-4,17H2,(H,18,19). The van der Waals surface area contributed by atoms with Gasteiger partial charge in [0.15, 0.2) is 0 Å². The molecule has 1 aromatic carbocycles. The lowest BCUT2D eigenvalue weighted by Gasteiger charge is -2.08.